The SMILES string of the molecule is Cc1cnccc1-c1noc(-c2cccc(C)c2N)n1. The third kappa shape index (κ3) is 2.03. The summed E-state index contributed by atoms with van der Waals surface area (Å²) in [6, 6.07) is 7.61. The maximum absolute atomic E-state index is 6.05. The van der Waals surface area contributed by atoms with E-state index in [2.05, 4.69) is 15.1 Å². The second kappa shape index (κ2) is 4.77. The molecule has 0 unspecified atom stereocenters. The van der Waals surface area contributed by atoms with E-state index in [-0.39, 0.29) is 0 Å². The number of rotatable bonds is 2. The molecule has 0 bridgehead atoms. The summed E-state index contributed by atoms with van der Waals surface area (Å²) in [6.45, 7) is 3.91. The fraction of sp³-hybridized carbons (Fsp3) is 0.133. The van der Waals surface area contributed by atoms with Gasteiger partial charge in [0.15, 0.2) is 0 Å². The second-order valence-corrected chi connectivity index (χ2v) is 4.65. The molecule has 0 atom stereocenters. The Morgan fingerprint density at radius 3 is 2.70 bits per heavy atom. The largest absolute Gasteiger partial charge is 0.398 e. The molecule has 0 saturated heterocycles. The van der Waals surface area contributed by atoms with Gasteiger partial charge in [-0.3, -0.25) is 4.98 Å². The van der Waals surface area contributed by atoms with E-state index in [0.717, 1.165) is 22.3 Å². The van der Waals surface area contributed by atoms with Crippen molar-refractivity contribution in [2.75, 3.05) is 5.73 Å². The van der Waals surface area contributed by atoms with Gasteiger partial charge in [0.2, 0.25) is 5.82 Å². The molecule has 0 fully saturated rings. The van der Waals surface area contributed by atoms with E-state index in [1.165, 1.54) is 0 Å². The third-order valence-corrected chi connectivity index (χ3v) is 3.24. The van der Waals surface area contributed by atoms with Crippen molar-refractivity contribution in [3.63, 3.8) is 0 Å². The van der Waals surface area contributed by atoms with Crippen LogP contribution in [0.5, 0.6) is 0 Å². The normalized spacial score (nSPS) is 10.7. The Hall–Kier alpha value is -2.69. The molecule has 2 heterocycles. The molecule has 0 radical (unpaired) electrons. The first kappa shape index (κ1) is 12.3. The van der Waals surface area contributed by atoms with Crippen LogP contribution in [0, 0.1) is 13.8 Å². The van der Waals surface area contributed by atoms with Crippen LogP contribution in [0.3, 0.4) is 0 Å². The van der Waals surface area contributed by atoms with E-state index >= 15 is 0 Å². The zero-order valence-electron chi connectivity index (χ0n) is 11.3. The van der Waals surface area contributed by atoms with Crippen LogP contribution in [0.2, 0.25) is 0 Å². The summed E-state index contributed by atoms with van der Waals surface area (Å²) in [6.07, 6.45) is 3.48. The molecule has 0 amide bonds. The lowest BCUT2D eigenvalue weighted by Crippen LogP contribution is -1.93. The molecule has 0 aliphatic heterocycles. The summed E-state index contributed by atoms with van der Waals surface area (Å²) in [5, 5.41) is 4.02. The smallest absolute Gasteiger partial charge is 0.260 e. The Kier molecular flexibility index (Phi) is 2.95. The quantitative estimate of drug-likeness (QED) is 0.721. The molecule has 0 saturated carbocycles. The van der Waals surface area contributed by atoms with Gasteiger partial charge in [-0.2, -0.15) is 4.98 Å². The van der Waals surface area contributed by atoms with Gasteiger partial charge in [0.1, 0.15) is 0 Å². The molecule has 2 aromatic heterocycles. The second-order valence-electron chi connectivity index (χ2n) is 4.65. The molecule has 5 heteroatoms. The highest BCUT2D eigenvalue weighted by Gasteiger charge is 2.14. The van der Waals surface area contributed by atoms with Crippen molar-refractivity contribution < 1.29 is 4.52 Å². The van der Waals surface area contributed by atoms with E-state index < -0.39 is 0 Å². The molecule has 0 aliphatic carbocycles. The molecule has 0 aliphatic rings. The van der Waals surface area contributed by atoms with Crippen molar-refractivity contribution in [2.24, 2.45) is 0 Å². The molecule has 5 nitrogen and oxygen atoms in total. The number of para-hydroxylation sites is 1. The Balaban J connectivity index is 2.07. The molecule has 20 heavy (non-hydrogen) atoms. The first-order valence-corrected chi connectivity index (χ1v) is 6.27. The van der Waals surface area contributed by atoms with Gasteiger partial charge in [-0.1, -0.05) is 17.3 Å². The zero-order valence-corrected chi connectivity index (χ0v) is 11.3. The first-order valence-electron chi connectivity index (χ1n) is 6.27. The van der Waals surface area contributed by atoms with E-state index in [0.29, 0.717) is 17.4 Å². The number of hydrogen-bond acceptors (Lipinski definition) is 5. The van der Waals surface area contributed by atoms with Gasteiger partial charge in [-0.25, -0.2) is 0 Å². The lowest BCUT2D eigenvalue weighted by molar-refractivity contribution is 0.432. The topological polar surface area (TPSA) is 77.8 Å². The monoisotopic (exact) mass is 266 g/mol. The van der Waals surface area contributed by atoms with Gasteiger partial charge in [0.25, 0.3) is 5.89 Å². The predicted molar refractivity (Wildman–Crippen MR) is 76.9 cm³/mol. The highest BCUT2D eigenvalue weighted by Crippen LogP contribution is 2.29. The van der Waals surface area contributed by atoms with Crippen molar-refractivity contribution in [3.8, 4) is 22.8 Å². The highest BCUT2D eigenvalue weighted by atomic mass is 16.5. The number of hydrogen-bond donors (Lipinski definition) is 1. The molecular formula is C15H14N4O. The van der Waals surface area contributed by atoms with Crippen molar-refractivity contribution in [1.82, 2.24) is 15.1 Å². The minimum absolute atomic E-state index is 0.428. The summed E-state index contributed by atoms with van der Waals surface area (Å²) >= 11 is 0. The van der Waals surface area contributed by atoms with E-state index in [1.54, 1.807) is 12.4 Å². The van der Waals surface area contributed by atoms with Gasteiger partial charge >= 0.3 is 0 Å². The number of anilines is 1. The van der Waals surface area contributed by atoms with Crippen LogP contribution in [0.15, 0.2) is 41.2 Å². The molecule has 1 aromatic carbocycles. The molecule has 100 valence electrons. The minimum atomic E-state index is 0.428. The van der Waals surface area contributed by atoms with Crippen LogP contribution < -0.4 is 5.73 Å². The summed E-state index contributed by atoms with van der Waals surface area (Å²) in [7, 11) is 0. The minimum Gasteiger partial charge on any atom is -0.398 e. The van der Waals surface area contributed by atoms with Crippen LogP contribution >= 0.6 is 0 Å². The number of nitrogens with zero attached hydrogens (tertiary/aromatic N) is 3. The van der Waals surface area contributed by atoms with Crippen LogP contribution in [-0.2, 0) is 0 Å². The van der Waals surface area contributed by atoms with Gasteiger partial charge in [-0.15, -0.1) is 0 Å². The van der Waals surface area contributed by atoms with Crippen LogP contribution in [-0.4, -0.2) is 15.1 Å². The van der Waals surface area contributed by atoms with Crippen molar-refractivity contribution >= 4 is 5.69 Å². The number of benzene rings is 1. The van der Waals surface area contributed by atoms with Crippen LogP contribution in [0.25, 0.3) is 22.8 Å². The summed E-state index contributed by atoms with van der Waals surface area (Å²) in [4.78, 5) is 8.48. The van der Waals surface area contributed by atoms with E-state index in [9.17, 15) is 0 Å². The Morgan fingerprint density at radius 2 is 1.90 bits per heavy atom. The third-order valence-electron chi connectivity index (χ3n) is 3.24. The van der Waals surface area contributed by atoms with Gasteiger partial charge in [0.05, 0.1) is 5.56 Å². The Bertz CT molecular complexity index is 764. The average Bonchev–Trinajstić information content (AvgIpc) is 2.92. The van der Waals surface area contributed by atoms with E-state index in [4.69, 9.17) is 10.3 Å². The standard InChI is InChI=1S/C15H14N4O/c1-9-4-3-5-12(13(9)16)15-18-14(19-20-15)11-6-7-17-8-10(11)2/h3-8H,16H2,1-2H3. The Morgan fingerprint density at radius 1 is 1.05 bits per heavy atom. The fourth-order valence-electron chi connectivity index (χ4n) is 2.03. The average molecular weight is 266 g/mol. The first-order chi connectivity index (χ1) is 9.66. The number of nitrogens with two attached hydrogens (primary N) is 1. The number of pyridine rings is 1. The van der Waals surface area contributed by atoms with Gasteiger partial charge < -0.3 is 10.3 Å². The van der Waals surface area contributed by atoms with Crippen molar-refractivity contribution in [2.45, 2.75) is 13.8 Å². The molecule has 2 N–H and O–H groups in total. The van der Waals surface area contributed by atoms with Gasteiger partial charge in [-0.05, 0) is 37.1 Å². The predicted octanol–water partition coefficient (Wildman–Crippen LogP) is 3.00. The molecule has 0 spiro atoms. The zero-order chi connectivity index (χ0) is 14.1. The summed E-state index contributed by atoms with van der Waals surface area (Å²) in [5.41, 5.74) is 10.4. The van der Waals surface area contributed by atoms with Crippen molar-refractivity contribution in [1.29, 1.82) is 0 Å². The maximum Gasteiger partial charge on any atom is 0.260 e. The van der Waals surface area contributed by atoms with Crippen LogP contribution in [0.1, 0.15) is 11.1 Å². The molecule has 3 rings (SSSR count). The highest BCUT2D eigenvalue weighted by molar-refractivity contribution is 5.74. The van der Waals surface area contributed by atoms with E-state index in [1.807, 2.05) is 38.1 Å². The lowest BCUT2D eigenvalue weighted by Gasteiger charge is -2.03. The Labute approximate surface area is 116 Å². The fourth-order valence-corrected chi connectivity index (χ4v) is 2.03. The van der Waals surface area contributed by atoms with Crippen molar-refractivity contribution in [3.05, 3.63) is 47.8 Å². The van der Waals surface area contributed by atoms with Crippen LogP contribution in [0.4, 0.5) is 5.69 Å². The number of aromatic nitrogens is 3. The lowest BCUT2D eigenvalue weighted by atomic mass is 10.1. The molecule has 3 aromatic rings. The number of nitrogen functional groups attached to an aromatic ring is 1. The molecular weight excluding hydrogens is 252 g/mol. The maximum atomic E-state index is 6.05. The number of aryl methyl sites for hydroxylation is 2. The van der Waals surface area contributed by atoms with Gasteiger partial charge in [0, 0.05) is 23.6 Å². The summed E-state index contributed by atoms with van der Waals surface area (Å²) < 4.78 is 5.33. The summed E-state index contributed by atoms with van der Waals surface area (Å²) in [5.74, 6) is 0.971.